The van der Waals surface area contributed by atoms with E-state index in [9.17, 15) is 9.59 Å². The van der Waals surface area contributed by atoms with Gasteiger partial charge in [-0.05, 0) is 48.7 Å². The highest BCUT2D eigenvalue weighted by atomic mass is 16.2. The van der Waals surface area contributed by atoms with Crippen LogP contribution in [0.3, 0.4) is 0 Å². The predicted octanol–water partition coefficient (Wildman–Crippen LogP) is 3.28. The van der Waals surface area contributed by atoms with Crippen LogP contribution in [0.1, 0.15) is 43.6 Å². The number of nitrogen functional groups attached to an aromatic ring is 1. The molecular weight excluding hydrogens is 402 g/mol. The van der Waals surface area contributed by atoms with Crippen molar-refractivity contribution in [3.63, 3.8) is 0 Å². The van der Waals surface area contributed by atoms with Crippen LogP contribution in [0.5, 0.6) is 0 Å². The summed E-state index contributed by atoms with van der Waals surface area (Å²) in [6, 6.07) is 16.7. The minimum atomic E-state index is -0.381. The molecule has 2 aromatic heterocycles. The van der Waals surface area contributed by atoms with Gasteiger partial charge in [-0.15, -0.1) is 0 Å². The van der Waals surface area contributed by atoms with Crippen LogP contribution in [0, 0.1) is 6.92 Å². The first-order chi connectivity index (χ1) is 15.5. The summed E-state index contributed by atoms with van der Waals surface area (Å²) in [6.45, 7) is 2.02. The highest BCUT2D eigenvalue weighted by Gasteiger charge is 2.35. The maximum absolute atomic E-state index is 13.1. The van der Waals surface area contributed by atoms with Gasteiger partial charge in [0.2, 0.25) is 0 Å². The summed E-state index contributed by atoms with van der Waals surface area (Å²) in [5, 5.41) is 7.14. The average Bonchev–Trinajstić information content (AvgIpc) is 3.35. The number of aryl methyl sites for hydroxylation is 1. The fraction of sp³-hybridized carbons (Fsp3) is 0.160. The molecule has 7 heteroatoms. The number of pyridine rings is 1. The summed E-state index contributed by atoms with van der Waals surface area (Å²) >= 11 is 0. The standard InChI is InChI=1S/C25H23N5O2/c1-14-6-7-20-16(10-14)12-22(28-20)25(32)29-21-11-15-4-2-3-5-17(15)23(21)30-24(31)18-13-27-9-8-19(18)26/h2-10,12-13,21,23,28H,11H2,1H3,(H2,26,27)(H,29,32)(H,30,31)/t21-,23-/m0/s1. The van der Waals surface area contributed by atoms with Crippen molar-refractivity contribution < 1.29 is 9.59 Å². The second-order valence-electron chi connectivity index (χ2n) is 8.17. The molecule has 2 amide bonds. The van der Waals surface area contributed by atoms with E-state index in [-0.39, 0.29) is 23.9 Å². The van der Waals surface area contributed by atoms with E-state index in [1.807, 2.05) is 55.5 Å². The molecule has 0 radical (unpaired) electrons. The van der Waals surface area contributed by atoms with Crippen molar-refractivity contribution in [1.82, 2.24) is 20.6 Å². The van der Waals surface area contributed by atoms with E-state index in [0.717, 1.165) is 27.6 Å². The molecule has 0 spiro atoms. The minimum absolute atomic E-state index is 0.211. The van der Waals surface area contributed by atoms with Crippen molar-refractivity contribution in [2.24, 2.45) is 0 Å². The number of fused-ring (bicyclic) bond motifs is 2. The highest BCUT2D eigenvalue weighted by Crippen LogP contribution is 2.32. The molecule has 4 aromatic rings. The molecule has 0 fully saturated rings. The van der Waals surface area contributed by atoms with Crippen molar-refractivity contribution >= 4 is 28.4 Å². The van der Waals surface area contributed by atoms with E-state index in [4.69, 9.17) is 5.73 Å². The molecule has 2 heterocycles. The number of hydrogen-bond acceptors (Lipinski definition) is 4. The van der Waals surface area contributed by atoms with Gasteiger partial charge in [-0.1, -0.05) is 35.9 Å². The normalized spacial score (nSPS) is 17.2. The summed E-state index contributed by atoms with van der Waals surface area (Å²) in [6.07, 6.45) is 3.61. The summed E-state index contributed by atoms with van der Waals surface area (Å²) in [4.78, 5) is 33.2. The van der Waals surface area contributed by atoms with Crippen molar-refractivity contribution in [1.29, 1.82) is 0 Å². The van der Waals surface area contributed by atoms with Gasteiger partial charge in [0.05, 0.1) is 17.6 Å². The topological polar surface area (TPSA) is 113 Å². The van der Waals surface area contributed by atoms with Gasteiger partial charge in [-0.25, -0.2) is 0 Å². The number of rotatable bonds is 4. The van der Waals surface area contributed by atoms with Crippen molar-refractivity contribution in [3.8, 4) is 0 Å². The lowest BCUT2D eigenvalue weighted by molar-refractivity contribution is 0.0886. The smallest absolute Gasteiger partial charge is 0.268 e. The summed E-state index contributed by atoms with van der Waals surface area (Å²) < 4.78 is 0. The molecular formula is C25H23N5O2. The van der Waals surface area contributed by atoms with E-state index in [2.05, 4.69) is 20.6 Å². The van der Waals surface area contributed by atoms with E-state index in [1.165, 1.54) is 6.20 Å². The van der Waals surface area contributed by atoms with Crippen LogP contribution in [-0.2, 0) is 6.42 Å². The SMILES string of the molecule is Cc1ccc2[nH]c(C(=O)N[C@H]3Cc4ccccc4[C@@H]3NC(=O)c3cnccc3N)cc2c1. The van der Waals surface area contributed by atoms with Crippen molar-refractivity contribution in [2.45, 2.75) is 25.4 Å². The number of carbonyl (C=O) groups excluding carboxylic acids is 2. The van der Waals surface area contributed by atoms with Crippen molar-refractivity contribution in [2.75, 3.05) is 5.73 Å². The van der Waals surface area contributed by atoms with E-state index < -0.39 is 0 Å². The molecule has 7 nitrogen and oxygen atoms in total. The Hall–Kier alpha value is -4.13. The third-order valence-electron chi connectivity index (χ3n) is 5.96. The zero-order chi connectivity index (χ0) is 22.2. The van der Waals surface area contributed by atoms with Crippen LogP contribution in [0.25, 0.3) is 10.9 Å². The predicted molar refractivity (Wildman–Crippen MR) is 123 cm³/mol. The number of hydrogen-bond donors (Lipinski definition) is 4. The van der Waals surface area contributed by atoms with E-state index in [1.54, 1.807) is 12.3 Å². The number of benzene rings is 2. The number of aromatic amines is 1. The molecule has 5 N–H and O–H groups in total. The van der Waals surface area contributed by atoms with Crippen LogP contribution < -0.4 is 16.4 Å². The number of H-pyrrole nitrogens is 1. The Morgan fingerprint density at radius 2 is 1.91 bits per heavy atom. The number of nitrogens with zero attached hydrogens (tertiary/aromatic N) is 1. The van der Waals surface area contributed by atoms with Crippen LogP contribution in [0.4, 0.5) is 5.69 Å². The average molecular weight is 425 g/mol. The first-order valence-electron chi connectivity index (χ1n) is 10.5. The van der Waals surface area contributed by atoms with Crippen LogP contribution >= 0.6 is 0 Å². The number of nitrogens with two attached hydrogens (primary N) is 1. The molecule has 5 rings (SSSR count). The molecule has 0 unspecified atom stereocenters. The largest absolute Gasteiger partial charge is 0.398 e. The fourth-order valence-electron chi connectivity index (χ4n) is 4.34. The zero-order valence-corrected chi connectivity index (χ0v) is 17.6. The molecule has 1 aliphatic carbocycles. The molecule has 0 bridgehead atoms. The molecule has 160 valence electrons. The first kappa shape index (κ1) is 19.8. The lowest BCUT2D eigenvalue weighted by Gasteiger charge is -2.23. The van der Waals surface area contributed by atoms with E-state index in [0.29, 0.717) is 23.4 Å². The molecule has 32 heavy (non-hydrogen) atoms. The number of carbonyl (C=O) groups is 2. The van der Waals surface area contributed by atoms with Gasteiger partial charge in [0.15, 0.2) is 0 Å². The first-order valence-corrected chi connectivity index (χ1v) is 10.5. The second-order valence-corrected chi connectivity index (χ2v) is 8.17. The molecule has 0 aliphatic heterocycles. The second kappa shape index (κ2) is 7.85. The zero-order valence-electron chi connectivity index (χ0n) is 17.6. The quantitative estimate of drug-likeness (QED) is 0.402. The molecule has 1 aliphatic rings. The Labute approximate surface area is 185 Å². The number of amides is 2. The maximum Gasteiger partial charge on any atom is 0.268 e. The Morgan fingerprint density at radius 1 is 1.06 bits per heavy atom. The van der Waals surface area contributed by atoms with Crippen molar-refractivity contribution in [3.05, 3.63) is 94.9 Å². The third-order valence-corrected chi connectivity index (χ3v) is 5.96. The van der Waals surface area contributed by atoms with Gasteiger partial charge >= 0.3 is 0 Å². The molecule has 0 saturated carbocycles. The summed E-state index contributed by atoms with van der Waals surface area (Å²) in [5.41, 5.74) is 11.2. The van der Waals surface area contributed by atoms with Gasteiger partial charge < -0.3 is 21.4 Å². The molecule has 2 atom stereocenters. The fourth-order valence-corrected chi connectivity index (χ4v) is 4.34. The Kier molecular flexibility index (Phi) is 4.86. The maximum atomic E-state index is 13.1. The Balaban J connectivity index is 1.41. The minimum Gasteiger partial charge on any atom is -0.398 e. The van der Waals surface area contributed by atoms with Gasteiger partial charge in [0.25, 0.3) is 11.8 Å². The van der Waals surface area contributed by atoms with Crippen LogP contribution in [0.15, 0.2) is 67.0 Å². The van der Waals surface area contributed by atoms with Gasteiger partial charge in [0.1, 0.15) is 5.69 Å². The third kappa shape index (κ3) is 3.58. The lowest BCUT2D eigenvalue weighted by atomic mass is 10.1. The van der Waals surface area contributed by atoms with E-state index >= 15 is 0 Å². The number of nitrogens with one attached hydrogen (secondary N) is 3. The number of aromatic nitrogens is 2. The van der Waals surface area contributed by atoms with Crippen LogP contribution in [0.2, 0.25) is 0 Å². The monoisotopic (exact) mass is 425 g/mol. The van der Waals surface area contributed by atoms with Gasteiger partial charge in [0, 0.05) is 29.0 Å². The summed E-state index contributed by atoms with van der Waals surface area (Å²) in [5.74, 6) is -0.533. The molecule has 2 aromatic carbocycles. The van der Waals surface area contributed by atoms with Gasteiger partial charge in [-0.2, -0.15) is 0 Å². The Bertz CT molecular complexity index is 1340. The van der Waals surface area contributed by atoms with Crippen LogP contribution in [-0.4, -0.2) is 27.8 Å². The number of anilines is 1. The Morgan fingerprint density at radius 3 is 2.75 bits per heavy atom. The summed E-state index contributed by atoms with van der Waals surface area (Å²) in [7, 11) is 0. The van der Waals surface area contributed by atoms with Gasteiger partial charge in [-0.3, -0.25) is 14.6 Å². The molecule has 0 saturated heterocycles. The highest BCUT2D eigenvalue weighted by molar-refractivity contribution is 6.00. The lowest BCUT2D eigenvalue weighted by Crippen LogP contribution is -2.44.